The van der Waals surface area contributed by atoms with Crippen molar-refractivity contribution in [2.45, 2.75) is 49.8 Å². The lowest BCUT2D eigenvalue weighted by molar-refractivity contribution is -0.137. The quantitative estimate of drug-likeness (QED) is 0.605. The molecule has 150 valence electrons. The number of nitrogens with one attached hydrogen (secondary N) is 1. The molecule has 28 heavy (non-hydrogen) atoms. The van der Waals surface area contributed by atoms with Crippen LogP contribution in [0.1, 0.15) is 49.1 Å². The van der Waals surface area contributed by atoms with E-state index < -0.39 is 23.3 Å². The van der Waals surface area contributed by atoms with Gasteiger partial charge in [0, 0.05) is 17.0 Å². The van der Waals surface area contributed by atoms with Crippen molar-refractivity contribution in [3.63, 3.8) is 0 Å². The number of hydrogen-bond donors (Lipinski definition) is 2. The van der Waals surface area contributed by atoms with Gasteiger partial charge in [-0.3, -0.25) is 0 Å². The lowest BCUT2D eigenvalue weighted by Crippen LogP contribution is -2.51. The summed E-state index contributed by atoms with van der Waals surface area (Å²) >= 11 is 4.53. The first kappa shape index (κ1) is 20.6. The molecule has 0 aliphatic carbocycles. The van der Waals surface area contributed by atoms with Gasteiger partial charge in [0.15, 0.2) is 0 Å². The van der Waals surface area contributed by atoms with Crippen LogP contribution < -0.4 is 5.32 Å². The maximum Gasteiger partial charge on any atom is 0.416 e. The third-order valence-electron chi connectivity index (χ3n) is 4.69. The molecule has 2 aromatic rings. The van der Waals surface area contributed by atoms with Crippen LogP contribution in [0.2, 0.25) is 0 Å². The van der Waals surface area contributed by atoms with Crippen molar-refractivity contribution < 1.29 is 18.0 Å². The van der Waals surface area contributed by atoms with E-state index in [1.165, 1.54) is 12.1 Å². The zero-order valence-electron chi connectivity index (χ0n) is 16.0. The first-order valence-corrected chi connectivity index (χ1v) is 9.49. The minimum absolute atomic E-state index is 0.243. The van der Waals surface area contributed by atoms with Gasteiger partial charge in [-0.1, -0.05) is 24.3 Å². The molecule has 2 aromatic carbocycles. The van der Waals surface area contributed by atoms with Crippen LogP contribution in [0.25, 0.3) is 0 Å². The Hall–Kier alpha value is -2.15. The number of urea groups is 1. The van der Waals surface area contributed by atoms with Crippen molar-refractivity contribution in [2.24, 2.45) is 0 Å². The minimum Gasteiger partial charge on any atom is -0.333 e. The van der Waals surface area contributed by atoms with Gasteiger partial charge in [-0.2, -0.15) is 13.2 Å². The number of fused-ring (bicyclic) bond motifs is 1. The molecule has 1 aliphatic heterocycles. The van der Waals surface area contributed by atoms with E-state index in [2.05, 4.69) is 17.9 Å². The number of alkyl halides is 3. The molecule has 0 saturated heterocycles. The maximum absolute atomic E-state index is 13.0. The largest absolute Gasteiger partial charge is 0.416 e. The first-order valence-electron chi connectivity index (χ1n) is 9.04. The number of carbonyl (C=O) groups excluding carboxylic acids is 1. The Morgan fingerprint density at radius 2 is 1.75 bits per heavy atom. The van der Waals surface area contributed by atoms with Gasteiger partial charge in [-0.05, 0) is 62.1 Å². The fourth-order valence-electron chi connectivity index (χ4n) is 3.48. The molecule has 0 aromatic heterocycles. The summed E-state index contributed by atoms with van der Waals surface area (Å²) < 4.78 is 38.9. The molecule has 1 aliphatic rings. The van der Waals surface area contributed by atoms with Gasteiger partial charge in [0.2, 0.25) is 0 Å². The van der Waals surface area contributed by atoms with E-state index in [4.69, 9.17) is 0 Å². The molecule has 3 rings (SSSR count). The molecule has 0 saturated carbocycles. The van der Waals surface area contributed by atoms with Crippen LogP contribution in [0.15, 0.2) is 47.4 Å². The third-order valence-corrected chi connectivity index (χ3v) is 5.11. The molecule has 0 spiro atoms. The van der Waals surface area contributed by atoms with E-state index in [-0.39, 0.29) is 6.03 Å². The molecule has 0 radical (unpaired) electrons. The van der Waals surface area contributed by atoms with Gasteiger partial charge < -0.3 is 10.2 Å². The molecule has 0 bridgehead atoms. The van der Waals surface area contributed by atoms with Crippen molar-refractivity contribution in [1.29, 1.82) is 0 Å². The second-order valence-electron chi connectivity index (χ2n) is 7.99. The Morgan fingerprint density at radius 1 is 1.11 bits per heavy atom. The van der Waals surface area contributed by atoms with Crippen molar-refractivity contribution in [3.05, 3.63) is 64.7 Å². The van der Waals surface area contributed by atoms with E-state index >= 15 is 0 Å². The van der Waals surface area contributed by atoms with Crippen molar-refractivity contribution in [3.8, 4) is 0 Å². The summed E-state index contributed by atoms with van der Waals surface area (Å²) in [6.07, 6.45) is -3.76. The highest BCUT2D eigenvalue weighted by Gasteiger charge is 2.35. The molecule has 0 fully saturated rings. The Balaban J connectivity index is 2.06. The second-order valence-corrected chi connectivity index (χ2v) is 8.47. The summed E-state index contributed by atoms with van der Waals surface area (Å²) in [5.74, 6) is 0. The monoisotopic (exact) mass is 408 g/mol. The molecule has 7 heteroatoms. The fourth-order valence-corrected chi connectivity index (χ4v) is 3.80. The highest BCUT2D eigenvalue weighted by Crippen LogP contribution is 2.39. The standard InChI is InChI=1S/C21H23F3N2OS/c1-20(2,3)25-19(27)26-12-11-15-16(5-4-6-17(15)28)18(26)13-7-9-14(10-8-13)21(22,23)24/h4-10,18,28H,11-12H2,1-3H3,(H,25,27). The van der Waals surface area contributed by atoms with Crippen LogP contribution in [0, 0.1) is 0 Å². The Morgan fingerprint density at radius 3 is 2.32 bits per heavy atom. The van der Waals surface area contributed by atoms with Crippen LogP contribution >= 0.6 is 12.6 Å². The molecule has 3 nitrogen and oxygen atoms in total. The molecular weight excluding hydrogens is 385 g/mol. The second kappa shape index (κ2) is 7.35. The maximum atomic E-state index is 13.0. The zero-order chi connectivity index (χ0) is 20.7. The summed E-state index contributed by atoms with van der Waals surface area (Å²) in [5, 5.41) is 2.96. The number of rotatable bonds is 1. The summed E-state index contributed by atoms with van der Waals surface area (Å²) in [6.45, 7) is 6.13. The van der Waals surface area contributed by atoms with Gasteiger partial charge in [-0.15, -0.1) is 12.6 Å². The van der Waals surface area contributed by atoms with Gasteiger partial charge in [0.05, 0.1) is 11.6 Å². The van der Waals surface area contributed by atoms with Gasteiger partial charge >= 0.3 is 12.2 Å². The van der Waals surface area contributed by atoms with Gasteiger partial charge in [0.1, 0.15) is 0 Å². The van der Waals surface area contributed by atoms with Gasteiger partial charge in [-0.25, -0.2) is 4.79 Å². The highest BCUT2D eigenvalue weighted by molar-refractivity contribution is 7.80. The van der Waals surface area contributed by atoms with Crippen molar-refractivity contribution in [1.82, 2.24) is 10.2 Å². The molecule has 1 N–H and O–H groups in total. The topological polar surface area (TPSA) is 32.3 Å². The number of benzene rings is 2. The van der Waals surface area contributed by atoms with E-state index in [9.17, 15) is 18.0 Å². The molecule has 1 unspecified atom stereocenters. The van der Waals surface area contributed by atoms with E-state index in [1.807, 2.05) is 39.0 Å². The summed E-state index contributed by atoms with van der Waals surface area (Å²) in [7, 11) is 0. The highest BCUT2D eigenvalue weighted by atomic mass is 32.1. The fraction of sp³-hybridized carbons (Fsp3) is 0.381. The molecule has 1 heterocycles. The average Bonchev–Trinajstić information content (AvgIpc) is 2.59. The number of amides is 2. The Bertz CT molecular complexity index is 873. The molecule has 2 amide bonds. The predicted octanol–water partition coefficient (Wildman–Crippen LogP) is 5.45. The van der Waals surface area contributed by atoms with E-state index in [0.29, 0.717) is 18.5 Å². The number of halogens is 3. The zero-order valence-corrected chi connectivity index (χ0v) is 16.9. The lowest BCUT2D eigenvalue weighted by Gasteiger charge is -2.39. The Kier molecular flexibility index (Phi) is 5.40. The van der Waals surface area contributed by atoms with Crippen LogP contribution in [0.4, 0.5) is 18.0 Å². The summed E-state index contributed by atoms with van der Waals surface area (Å²) in [6, 6.07) is 9.96. The van der Waals surface area contributed by atoms with Crippen LogP contribution in [-0.2, 0) is 12.6 Å². The summed E-state index contributed by atoms with van der Waals surface area (Å²) in [5.41, 5.74) is 1.42. The van der Waals surface area contributed by atoms with Crippen molar-refractivity contribution >= 4 is 18.7 Å². The minimum atomic E-state index is -4.40. The van der Waals surface area contributed by atoms with Crippen LogP contribution in [0.5, 0.6) is 0 Å². The van der Waals surface area contributed by atoms with E-state index in [1.54, 1.807) is 4.90 Å². The number of thiol groups is 1. The van der Waals surface area contributed by atoms with Crippen molar-refractivity contribution in [2.75, 3.05) is 6.54 Å². The number of hydrogen-bond acceptors (Lipinski definition) is 2. The molecule has 1 atom stereocenters. The predicted molar refractivity (Wildman–Crippen MR) is 106 cm³/mol. The third kappa shape index (κ3) is 4.29. The first-order chi connectivity index (χ1) is 13.0. The number of nitrogens with zero attached hydrogens (tertiary/aromatic N) is 1. The van der Waals surface area contributed by atoms with Crippen LogP contribution in [-0.4, -0.2) is 23.0 Å². The van der Waals surface area contributed by atoms with Crippen LogP contribution in [0.3, 0.4) is 0 Å². The van der Waals surface area contributed by atoms with E-state index in [0.717, 1.165) is 28.2 Å². The average molecular weight is 408 g/mol. The smallest absolute Gasteiger partial charge is 0.333 e. The normalized spacial score (nSPS) is 17.2. The Labute approximate surface area is 168 Å². The summed E-state index contributed by atoms with van der Waals surface area (Å²) in [4.78, 5) is 15.4. The van der Waals surface area contributed by atoms with Gasteiger partial charge in [0.25, 0.3) is 0 Å². The lowest BCUT2D eigenvalue weighted by atomic mass is 9.88. The SMILES string of the molecule is CC(C)(C)NC(=O)N1CCc2c(S)cccc2C1c1ccc(C(F)(F)F)cc1. The number of carbonyl (C=O) groups is 1. The molecular formula is C21H23F3N2OS.